The molecule has 0 rings (SSSR count). The summed E-state index contributed by atoms with van der Waals surface area (Å²) in [4.78, 5) is 21.7. The van der Waals surface area contributed by atoms with Gasteiger partial charge < -0.3 is 16.4 Å². The van der Waals surface area contributed by atoms with E-state index in [4.69, 9.17) is 5.73 Å². The summed E-state index contributed by atoms with van der Waals surface area (Å²) in [7, 11) is 1.68. The summed E-state index contributed by atoms with van der Waals surface area (Å²) in [5.41, 5.74) is 4.45. The normalized spacial score (nSPS) is 11.0. The van der Waals surface area contributed by atoms with E-state index in [1.165, 1.54) is 0 Å². The number of rotatable bonds is 5. The first-order chi connectivity index (χ1) is 5.87. The van der Waals surface area contributed by atoms with Gasteiger partial charge in [0.2, 0.25) is 11.8 Å². The first-order valence-electron chi connectivity index (χ1n) is 4.11. The molecule has 76 valence electrons. The van der Waals surface area contributed by atoms with Gasteiger partial charge in [0.15, 0.2) is 0 Å². The summed E-state index contributed by atoms with van der Waals surface area (Å²) in [6.45, 7) is 3.75. The maximum atomic E-state index is 11.1. The molecule has 0 aromatic heterocycles. The van der Waals surface area contributed by atoms with Crippen LogP contribution in [0.1, 0.15) is 20.3 Å². The van der Waals surface area contributed by atoms with E-state index in [1.807, 2.05) is 0 Å². The van der Waals surface area contributed by atoms with Crippen molar-refractivity contribution in [3.8, 4) is 0 Å². The number of nitrogens with one attached hydrogen (secondary N) is 2. The number of primary amides is 1. The van der Waals surface area contributed by atoms with Crippen LogP contribution in [0.15, 0.2) is 0 Å². The Morgan fingerprint density at radius 3 is 2.31 bits per heavy atom. The molecule has 0 saturated heterocycles. The fraction of sp³-hybridized carbons (Fsp3) is 0.750. The molecule has 13 heavy (non-hydrogen) atoms. The third-order valence-corrected chi connectivity index (χ3v) is 1.43. The molecular formula is C8H17N3O2. The number of likely N-dealkylation sites (N-methyl/N-ethyl adjacent to an activating group) is 1. The van der Waals surface area contributed by atoms with Crippen molar-refractivity contribution in [1.82, 2.24) is 10.6 Å². The average molecular weight is 187 g/mol. The molecule has 0 aliphatic carbocycles. The highest BCUT2D eigenvalue weighted by Crippen LogP contribution is 2.06. The van der Waals surface area contributed by atoms with E-state index in [0.29, 0.717) is 0 Å². The zero-order chi connectivity index (χ0) is 10.5. The lowest BCUT2D eigenvalue weighted by atomic mass is 10.0. The van der Waals surface area contributed by atoms with E-state index in [9.17, 15) is 9.59 Å². The molecule has 0 bridgehead atoms. The van der Waals surface area contributed by atoms with Crippen LogP contribution in [0.25, 0.3) is 0 Å². The molecule has 5 nitrogen and oxygen atoms in total. The molecule has 0 aromatic rings. The summed E-state index contributed by atoms with van der Waals surface area (Å²) < 4.78 is 0. The van der Waals surface area contributed by atoms with Crippen LogP contribution in [-0.4, -0.2) is 30.9 Å². The van der Waals surface area contributed by atoms with E-state index < -0.39 is 11.4 Å². The first-order valence-corrected chi connectivity index (χ1v) is 4.11. The largest absolute Gasteiger partial charge is 0.370 e. The quantitative estimate of drug-likeness (QED) is 0.515. The maximum Gasteiger partial charge on any atom is 0.234 e. The number of nitrogens with two attached hydrogens (primary N) is 1. The summed E-state index contributed by atoms with van der Waals surface area (Å²) >= 11 is 0. The van der Waals surface area contributed by atoms with E-state index in [-0.39, 0.29) is 18.9 Å². The summed E-state index contributed by atoms with van der Waals surface area (Å²) in [5.74, 6) is -0.566. The van der Waals surface area contributed by atoms with Gasteiger partial charge in [-0.15, -0.1) is 0 Å². The Balaban J connectivity index is 4.00. The lowest BCUT2D eigenvalue weighted by molar-refractivity contribution is -0.123. The highest BCUT2D eigenvalue weighted by Gasteiger charge is 2.22. The van der Waals surface area contributed by atoms with Crippen LogP contribution < -0.4 is 16.4 Å². The predicted molar refractivity (Wildman–Crippen MR) is 50.0 cm³/mol. The molecule has 0 aromatic carbocycles. The minimum absolute atomic E-state index is 0.141. The zero-order valence-electron chi connectivity index (χ0n) is 8.31. The number of hydrogen-bond donors (Lipinski definition) is 3. The summed E-state index contributed by atoms with van der Waals surface area (Å²) in [5, 5.41) is 5.40. The van der Waals surface area contributed by atoms with Gasteiger partial charge in [-0.05, 0) is 20.9 Å². The Morgan fingerprint density at radius 2 is 1.92 bits per heavy atom. The number of carbonyl (C=O) groups excluding carboxylic acids is 2. The van der Waals surface area contributed by atoms with Crippen LogP contribution in [0.4, 0.5) is 0 Å². The van der Waals surface area contributed by atoms with Crippen LogP contribution >= 0.6 is 0 Å². The minimum Gasteiger partial charge on any atom is -0.370 e. The molecule has 0 aliphatic heterocycles. The molecule has 0 radical (unpaired) electrons. The van der Waals surface area contributed by atoms with Gasteiger partial charge in [0.25, 0.3) is 0 Å². The van der Waals surface area contributed by atoms with Crippen LogP contribution in [0.5, 0.6) is 0 Å². The van der Waals surface area contributed by atoms with Gasteiger partial charge in [-0.2, -0.15) is 0 Å². The van der Waals surface area contributed by atoms with Crippen molar-refractivity contribution < 1.29 is 9.59 Å². The molecule has 0 spiro atoms. The Morgan fingerprint density at radius 1 is 1.38 bits per heavy atom. The smallest absolute Gasteiger partial charge is 0.234 e. The molecule has 0 saturated carbocycles. The fourth-order valence-corrected chi connectivity index (χ4v) is 1.06. The van der Waals surface area contributed by atoms with Crippen LogP contribution in [-0.2, 0) is 9.59 Å². The number of amides is 2. The van der Waals surface area contributed by atoms with Crippen molar-refractivity contribution in [3.63, 3.8) is 0 Å². The van der Waals surface area contributed by atoms with Gasteiger partial charge in [-0.3, -0.25) is 9.59 Å². The molecule has 0 atom stereocenters. The Labute approximate surface area is 78.1 Å². The topological polar surface area (TPSA) is 84.2 Å². The molecule has 0 aliphatic rings. The van der Waals surface area contributed by atoms with Crippen molar-refractivity contribution in [2.24, 2.45) is 5.73 Å². The number of hydrogen-bond acceptors (Lipinski definition) is 3. The lowest BCUT2D eigenvalue weighted by Crippen LogP contribution is -2.48. The standard InChI is InChI=1S/C8H17N3O2/c1-8(2,4-6(9)12)11-7(13)5-10-3/h10H,4-5H2,1-3H3,(H2,9,12)(H,11,13). The van der Waals surface area contributed by atoms with Crippen LogP contribution in [0.2, 0.25) is 0 Å². The van der Waals surface area contributed by atoms with Gasteiger partial charge in [0, 0.05) is 12.0 Å². The van der Waals surface area contributed by atoms with E-state index in [0.717, 1.165) is 0 Å². The van der Waals surface area contributed by atoms with Crippen molar-refractivity contribution in [2.75, 3.05) is 13.6 Å². The Hall–Kier alpha value is -1.10. The van der Waals surface area contributed by atoms with Crippen molar-refractivity contribution >= 4 is 11.8 Å². The summed E-state index contributed by atoms with van der Waals surface area (Å²) in [6.07, 6.45) is 0.141. The van der Waals surface area contributed by atoms with Crippen molar-refractivity contribution in [2.45, 2.75) is 25.8 Å². The molecule has 4 N–H and O–H groups in total. The van der Waals surface area contributed by atoms with E-state index in [1.54, 1.807) is 20.9 Å². The second-order valence-electron chi connectivity index (χ2n) is 3.61. The van der Waals surface area contributed by atoms with Gasteiger partial charge in [0.05, 0.1) is 6.54 Å². The molecule has 0 heterocycles. The maximum absolute atomic E-state index is 11.1. The molecule has 0 fully saturated rings. The van der Waals surface area contributed by atoms with Gasteiger partial charge in [-0.1, -0.05) is 0 Å². The minimum atomic E-state index is -0.570. The SMILES string of the molecule is CNCC(=O)NC(C)(C)CC(N)=O. The molecule has 2 amide bonds. The molecule has 0 unspecified atom stereocenters. The molecular weight excluding hydrogens is 170 g/mol. The van der Waals surface area contributed by atoms with Crippen molar-refractivity contribution in [1.29, 1.82) is 0 Å². The van der Waals surface area contributed by atoms with Gasteiger partial charge >= 0.3 is 0 Å². The lowest BCUT2D eigenvalue weighted by Gasteiger charge is -2.24. The second kappa shape index (κ2) is 4.81. The van der Waals surface area contributed by atoms with E-state index in [2.05, 4.69) is 10.6 Å². The Bertz CT molecular complexity index is 202. The van der Waals surface area contributed by atoms with Crippen molar-refractivity contribution in [3.05, 3.63) is 0 Å². The fourth-order valence-electron chi connectivity index (χ4n) is 1.06. The van der Waals surface area contributed by atoms with Gasteiger partial charge in [-0.25, -0.2) is 0 Å². The highest BCUT2D eigenvalue weighted by molar-refractivity contribution is 5.80. The number of carbonyl (C=O) groups is 2. The van der Waals surface area contributed by atoms with Crippen LogP contribution in [0.3, 0.4) is 0 Å². The van der Waals surface area contributed by atoms with Crippen LogP contribution in [0, 0.1) is 0 Å². The highest BCUT2D eigenvalue weighted by atomic mass is 16.2. The van der Waals surface area contributed by atoms with Gasteiger partial charge in [0.1, 0.15) is 0 Å². The summed E-state index contributed by atoms with van der Waals surface area (Å²) in [6, 6.07) is 0. The Kier molecular flexibility index (Phi) is 4.40. The average Bonchev–Trinajstić information content (AvgIpc) is 1.81. The van der Waals surface area contributed by atoms with E-state index >= 15 is 0 Å². The predicted octanol–water partition coefficient (Wildman–Crippen LogP) is -1.02. The zero-order valence-corrected chi connectivity index (χ0v) is 8.31. The monoisotopic (exact) mass is 187 g/mol. The second-order valence-corrected chi connectivity index (χ2v) is 3.61. The third kappa shape index (κ3) is 6.10. The first kappa shape index (κ1) is 11.9. The third-order valence-electron chi connectivity index (χ3n) is 1.43. The molecule has 5 heteroatoms.